The zero-order valence-electron chi connectivity index (χ0n) is 9.50. The summed E-state index contributed by atoms with van der Waals surface area (Å²) in [4.78, 5) is 8.20. The van der Waals surface area contributed by atoms with Gasteiger partial charge >= 0.3 is 0 Å². The molecule has 7 heteroatoms. The van der Waals surface area contributed by atoms with Crippen molar-refractivity contribution < 1.29 is 4.42 Å². The summed E-state index contributed by atoms with van der Waals surface area (Å²) in [6, 6.07) is 3.80. The Kier molecular flexibility index (Phi) is 2.97. The quantitative estimate of drug-likeness (QED) is 0.545. The van der Waals surface area contributed by atoms with E-state index in [1.165, 1.54) is 6.33 Å². The molecule has 3 aromatic rings. The van der Waals surface area contributed by atoms with Gasteiger partial charge in [0.05, 0.1) is 12.0 Å². The van der Waals surface area contributed by atoms with Crippen LogP contribution in [0.25, 0.3) is 5.78 Å². The Balaban J connectivity index is 1.99. The molecule has 92 valence electrons. The molecular formula is C11H9ClN4OS. The Bertz CT molecular complexity index is 680. The number of hydrogen-bond donors (Lipinski definition) is 0. The fourth-order valence-electron chi connectivity index (χ4n) is 1.58. The summed E-state index contributed by atoms with van der Waals surface area (Å²) in [5, 5.41) is 5.54. The van der Waals surface area contributed by atoms with Gasteiger partial charge in [0, 0.05) is 5.56 Å². The second-order valence-corrected chi connectivity index (χ2v) is 4.99. The van der Waals surface area contributed by atoms with Crippen molar-refractivity contribution in [2.24, 2.45) is 0 Å². The van der Waals surface area contributed by atoms with Gasteiger partial charge in [-0.15, -0.1) is 0 Å². The highest BCUT2D eigenvalue weighted by molar-refractivity contribution is 7.98. The predicted molar refractivity (Wildman–Crippen MR) is 68.8 cm³/mol. The average Bonchev–Trinajstić information content (AvgIpc) is 3.00. The summed E-state index contributed by atoms with van der Waals surface area (Å²) in [5.74, 6) is 2.12. The molecule has 0 atom stereocenters. The van der Waals surface area contributed by atoms with Crippen LogP contribution in [0.4, 0.5) is 0 Å². The highest BCUT2D eigenvalue weighted by Gasteiger charge is 2.13. The van der Waals surface area contributed by atoms with Gasteiger partial charge in [0.25, 0.3) is 5.78 Å². The molecule has 0 aromatic carbocycles. The van der Waals surface area contributed by atoms with Gasteiger partial charge in [-0.3, -0.25) is 0 Å². The Morgan fingerprint density at radius 3 is 3.17 bits per heavy atom. The van der Waals surface area contributed by atoms with Crippen LogP contribution < -0.4 is 0 Å². The van der Waals surface area contributed by atoms with Crippen molar-refractivity contribution in [1.29, 1.82) is 0 Å². The molecule has 0 saturated carbocycles. The lowest BCUT2D eigenvalue weighted by atomic mass is 10.4. The SMILES string of the molecule is Cc1c(Cl)nc2ncnn2c1SCc1ccco1. The van der Waals surface area contributed by atoms with Crippen LogP contribution in [0.2, 0.25) is 5.15 Å². The standard InChI is InChI=1S/C11H9ClN4OS/c1-7-9(12)15-11-13-6-14-16(11)10(7)18-5-8-3-2-4-17-8/h2-4,6H,5H2,1H3. The maximum absolute atomic E-state index is 6.08. The first-order valence-corrected chi connectivity index (χ1v) is 6.63. The van der Waals surface area contributed by atoms with Crippen molar-refractivity contribution in [2.45, 2.75) is 17.7 Å². The topological polar surface area (TPSA) is 56.2 Å². The molecule has 0 spiro atoms. The summed E-state index contributed by atoms with van der Waals surface area (Å²) in [5.41, 5.74) is 0.895. The fourth-order valence-corrected chi connectivity index (χ4v) is 2.81. The van der Waals surface area contributed by atoms with E-state index in [1.54, 1.807) is 22.5 Å². The third-order valence-electron chi connectivity index (χ3n) is 2.48. The molecule has 0 aliphatic carbocycles. The van der Waals surface area contributed by atoms with Gasteiger partial charge in [0.2, 0.25) is 0 Å². The minimum absolute atomic E-state index is 0.456. The first kappa shape index (κ1) is 11.6. The zero-order valence-corrected chi connectivity index (χ0v) is 11.1. The normalized spacial score (nSPS) is 11.2. The highest BCUT2D eigenvalue weighted by atomic mass is 35.5. The number of thioether (sulfide) groups is 1. The molecular weight excluding hydrogens is 272 g/mol. The van der Waals surface area contributed by atoms with Gasteiger partial charge in [-0.25, -0.2) is 0 Å². The Morgan fingerprint density at radius 2 is 2.39 bits per heavy atom. The van der Waals surface area contributed by atoms with Crippen LogP contribution in [-0.4, -0.2) is 19.6 Å². The van der Waals surface area contributed by atoms with E-state index in [1.807, 2.05) is 19.1 Å². The number of fused-ring (bicyclic) bond motifs is 1. The van der Waals surface area contributed by atoms with Crippen LogP contribution in [0.5, 0.6) is 0 Å². The monoisotopic (exact) mass is 280 g/mol. The molecule has 3 rings (SSSR count). The van der Waals surface area contributed by atoms with Gasteiger partial charge < -0.3 is 4.42 Å². The van der Waals surface area contributed by atoms with Gasteiger partial charge in [-0.1, -0.05) is 23.4 Å². The van der Waals surface area contributed by atoms with Crippen molar-refractivity contribution in [3.05, 3.63) is 41.2 Å². The molecule has 0 unspecified atom stereocenters. The first-order valence-electron chi connectivity index (χ1n) is 5.26. The number of furan rings is 1. The fraction of sp³-hybridized carbons (Fsp3) is 0.182. The van der Waals surface area contributed by atoms with Gasteiger partial charge in [-0.05, 0) is 19.1 Å². The van der Waals surface area contributed by atoms with E-state index >= 15 is 0 Å². The molecule has 0 aliphatic heterocycles. The van der Waals surface area contributed by atoms with E-state index in [4.69, 9.17) is 16.0 Å². The van der Waals surface area contributed by atoms with Gasteiger partial charge in [0.15, 0.2) is 0 Å². The van der Waals surface area contributed by atoms with E-state index in [0.717, 1.165) is 16.3 Å². The van der Waals surface area contributed by atoms with Gasteiger partial charge in [0.1, 0.15) is 22.3 Å². The third kappa shape index (κ3) is 1.97. The molecule has 0 bridgehead atoms. The van der Waals surface area contributed by atoms with Crippen LogP contribution in [0.3, 0.4) is 0 Å². The smallest absolute Gasteiger partial charge is 0.254 e. The van der Waals surface area contributed by atoms with Crippen molar-refractivity contribution in [3.8, 4) is 0 Å². The average molecular weight is 281 g/mol. The van der Waals surface area contributed by atoms with Crippen LogP contribution in [0.15, 0.2) is 34.2 Å². The second kappa shape index (κ2) is 4.62. The summed E-state index contributed by atoms with van der Waals surface area (Å²) < 4.78 is 6.99. The number of aromatic nitrogens is 4. The summed E-state index contributed by atoms with van der Waals surface area (Å²) in [6.07, 6.45) is 3.13. The lowest BCUT2D eigenvalue weighted by Crippen LogP contribution is -2.00. The van der Waals surface area contributed by atoms with Crippen LogP contribution in [-0.2, 0) is 5.75 Å². The maximum Gasteiger partial charge on any atom is 0.254 e. The minimum atomic E-state index is 0.456. The summed E-state index contributed by atoms with van der Waals surface area (Å²) in [7, 11) is 0. The van der Waals surface area contributed by atoms with E-state index in [0.29, 0.717) is 16.7 Å². The van der Waals surface area contributed by atoms with Crippen molar-refractivity contribution in [2.75, 3.05) is 0 Å². The number of hydrogen-bond acceptors (Lipinski definition) is 5. The van der Waals surface area contributed by atoms with E-state index in [2.05, 4.69) is 15.1 Å². The lowest BCUT2D eigenvalue weighted by molar-refractivity contribution is 0.530. The molecule has 0 amide bonds. The Hall–Kier alpha value is -1.53. The highest BCUT2D eigenvalue weighted by Crippen LogP contribution is 2.29. The molecule has 0 fully saturated rings. The predicted octanol–water partition coefficient (Wildman–Crippen LogP) is 2.97. The number of halogens is 1. The van der Waals surface area contributed by atoms with Crippen molar-refractivity contribution in [1.82, 2.24) is 19.6 Å². The number of rotatable bonds is 3. The Labute approximate surface area is 112 Å². The lowest BCUT2D eigenvalue weighted by Gasteiger charge is -2.07. The van der Waals surface area contributed by atoms with E-state index in [9.17, 15) is 0 Å². The van der Waals surface area contributed by atoms with E-state index in [-0.39, 0.29) is 0 Å². The molecule has 0 saturated heterocycles. The molecule has 18 heavy (non-hydrogen) atoms. The second-order valence-electron chi connectivity index (χ2n) is 3.67. The van der Waals surface area contributed by atoms with Crippen molar-refractivity contribution in [3.63, 3.8) is 0 Å². The molecule has 0 aliphatic rings. The van der Waals surface area contributed by atoms with E-state index < -0.39 is 0 Å². The third-order valence-corrected chi connectivity index (χ3v) is 4.03. The Morgan fingerprint density at radius 1 is 1.50 bits per heavy atom. The van der Waals surface area contributed by atoms with Crippen LogP contribution >= 0.6 is 23.4 Å². The van der Waals surface area contributed by atoms with Crippen molar-refractivity contribution >= 4 is 29.1 Å². The molecule has 3 heterocycles. The zero-order chi connectivity index (χ0) is 12.5. The van der Waals surface area contributed by atoms with Gasteiger partial charge in [-0.2, -0.15) is 19.6 Å². The molecule has 0 N–H and O–H groups in total. The summed E-state index contributed by atoms with van der Waals surface area (Å²) in [6.45, 7) is 1.92. The molecule has 0 radical (unpaired) electrons. The molecule has 3 aromatic heterocycles. The maximum atomic E-state index is 6.08. The first-order chi connectivity index (χ1) is 8.75. The largest absolute Gasteiger partial charge is 0.468 e. The summed E-state index contributed by atoms with van der Waals surface area (Å²) >= 11 is 7.68. The molecule has 5 nitrogen and oxygen atoms in total. The van der Waals surface area contributed by atoms with Crippen LogP contribution in [0.1, 0.15) is 11.3 Å². The van der Waals surface area contributed by atoms with Crippen LogP contribution in [0, 0.1) is 6.92 Å². The minimum Gasteiger partial charge on any atom is -0.468 e. The number of nitrogens with zero attached hydrogens (tertiary/aromatic N) is 4.